The van der Waals surface area contributed by atoms with Crippen molar-refractivity contribution in [3.05, 3.63) is 46.0 Å². The van der Waals surface area contributed by atoms with Crippen molar-refractivity contribution >= 4 is 33.1 Å². The van der Waals surface area contributed by atoms with Crippen LogP contribution in [0, 0.1) is 0 Å². The predicted octanol–water partition coefficient (Wildman–Crippen LogP) is 3.15. The molecule has 3 nitrogen and oxygen atoms in total. The fraction of sp³-hybridized carbons (Fsp3) is 0.286. The lowest BCUT2D eigenvalue weighted by Gasteiger charge is -2.17. The molecule has 1 aromatic carbocycles. The first-order valence-corrected chi connectivity index (χ1v) is 7.52. The molecule has 0 spiro atoms. The number of aryl methyl sites for hydroxylation is 1. The van der Waals surface area contributed by atoms with E-state index in [4.69, 9.17) is 18.0 Å². The summed E-state index contributed by atoms with van der Waals surface area (Å²) in [6, 6.07) is 5.99. The maximum atomic E-state index is 5.87. The van der Waals surface area contributed by atoms with E-state index in [1.54, 1.807) is 0 Å². The van der Waals surface area contributed by atoms with Gasteiger partial charge in [0.1, 0.15) is 4.99 Å². The van der Waals surface area contributed by atoms with Crippen molar-refractivity contribution in [3.8, 4) is 5.69 Å². The summed E-state index contributed by atoms with van der Waals surface area (Å²) in [5, 5.41) is 0. The Morgan fingerprint density at radius 3 is 2.89 bits per heavy atom. The summed E-state index contributed by atoms with van der Waals surface area (Å²) in [6.07, 6.45) is 6.47. The van der Waals surface area contributed by atoms with E-state index in [9.17, 15) is 0 Å². The van der Waals surface area contributed by atoms with Crippen LogP contribution in [0.4, 0.5) is 0 Å². The number of thiocarbonyl (C=S) groups is 1. The van der Waals surface area contributed by atoms with E-state index in [0.717, 1.165) is 28.6 Å². The Morgan fingerprint density at radius 1 is 1.32 bits per heavy atom. The van der Waals surface area contributed by atoms with Gasteiger partial charge in [-0.2, -0.15) is 0 Å². The lowest BCUT2D eigenvalue weighted by molar-refractivity contribution is 0.656. The van der Waals surface area contributed by atoms with E-state index >= 15 is 0 Å². The number of nitrogens with zero attached hydrogens (tertiary/aromatic N) is 2. The lowest BCUT2D eigenvalue weighted by Crippen LogP contribution is -2.15. The number of nitrogens with two attached hydrogens (primary N) is 1. The van der Waals surface area contributed by atoms with Crippen LogP contribution in [0.2, 0.25) is 0 Å². The van der Waals surface area contributed by atoms with Crippen LogP contribution >= 0.6 is 28.1 Å². The zero-order chi connectivity index (χ0) is 13.4. The summed E-state index contributed by atoms with van der Waals surface area (Å²) in [5.41, 5.74) is 10.3. The molecule has 98 valence electrons. The minimum Gasteiger partial charge on any atom is -0.389 e. The Kier molecular flexibility index (Phi) is 3.41. The van der Waals surface area contributed by atoms with E-state index in [2.05, 4.69) is 25.5 Å². The van der Waals surface area contributed by atoms with Crippen molar-refractivity contribution in [1.29, 1.82) is 0 Å². The highest BCUT2D eigenvalue weighted by Crippen LogP contribution is 2.28. The number of rotatable bonds is 2. The van der Waals surface area contributed by atoms with Gasteiger partial charge in [0, 0.05) is 15.7 Å². The topological polar surface area (TPSA) is 43.8 Å². The minimum absolute atomic E-state index is 0.403. The molecule has 19 heavy (non-hydrogen) atoms. The standard InChI is InChI=1S/C14H14BrN3S/c15-9-4-3-7-12(13(9)14(16)19)18-8-17-10-5-1-2-6-11(10)18/h3-4,7-8H,1-2,5-6H2,(H2,16,19). The molecule has 0 saturated carbocycles. The van der Waals surface area contributed by atoms with E-state index in [0.29, 0.717) is 4.99 Å². The second-order valence-corrected chi connectivity index (χ2v) is 6.01. The van der Waals surface area contributed by atoms with Gasteiger partial charge in [0.25, 0.3) is 0 Å². The summed E-state index contributed by atoms with van der Waals surface area (Å²) >= 11 is 8.71. The highest BCUT2D eigenvalue weighted by atomic mass is 79.9. The normalized spacial score (nSPS) is 14.2. The fourth-order valence-electron chi connectivity index (χ4n) is 2.63. The van der Waals surface area contributed by atoms with Crippen LogP contribution in [0.3, 0.4) is 0 Å². The number of halogens is 1. The van der Waals surface area contributed by atoms with Crippen LogP contribution in [-0.4, -0.2) is 14.5 Å². The van der Waals surface area contributed by atoms with Gasteiger partial charge in [0.15, 0.2) is 0 Å². The molecule has 0 aliphatic heterocycles. The van der Waals surface area contributed by atoms with Crippen molar-refractivity contribution < 1.29 is 0 Å². The Labute approximate surface area is 126 Å². The first kappa shape index (κ1) is 12.8. The SMILES string of the molecule is NC(=S)c1c(Br)cccc1-n1cnc2c1CCCC2. The molecule has 0 bridgehead atoms. The van der Waals surface area contributed by atoms with Crippen molar-refractivity contribution in [3.63, 3.8) is 0 Å². The molecule has 0 atom stereocenters. The molecule has 1 aliphatic rings. The molecule has 0 radical (unpaired) electrons. The largest absolute Gasteiger partial charge is 0.389 e. The van der Waals surface area contributed by atoms with Gasteiger partial charge in [-0.3, -0.25) is 0 Å². The summed E-state index contributed by atoms with van der Waals surface area (Å²) in [6.45, 7) is 0. The maximum absolute atomic E-state index is 5.87. The van der Waals surface area contributed by atoms with Crippen LogP contribution in [-0.2, 0) is 12.8 Å². The smallest absolute Gasteiger partial charge is 0.107 e. The lowest BCUT2D eigenvalue weighted by atomic mass is 10.0. The van der Waals surface area contributed by atoms with Crippen molar-refractivity contribution in [2.24, 2.45) is 5.73 Å². The molecule has 0 unspecified atom stereocenters. The molecule has 5 heteroatoms. The van der Waals surface area contributed by atoms with Crippen molar-refractivity contribution in [2.75, 3.05) is 0 Å². The number of hydrogen-bond donors (Lipinski definition) is 1. The Hall–Kier alpha value is -1.20. The maximum Gasteiger partial charge on any atom is 0.107 e. The van der Waals surface area contributed by atoms with Crippen molar-refractivity contribution in [2.45, 2.75) is 25.7 Å². The quantitative estimate of drug-likeness (QED) is 0.857. The number of benzene rings is 1. The average Bonchev–Trinajstić information content (AvgIpc) is 2.81. The van der Waals surface area contributed by atoms with E-state index < -0.39 is 0 Å². The van der Waals surface area contributed by atoms with Gasteiger partial charge < -0.3 is 10.3 Å². The van der Waals surface area contributed by atoms with Crippen LogP contribution < -0.4 is 5.73 Å². The molecule has 3 rings (SSSR count). The van der Waals surface area contributed by atoms with Crippen LogP contribution in [0.1, 0.15) is 29.8 Å². The van der Waals surface area contributed by atoms with Crippen LogP contribution in [0.25, 0.3) is 5.69 Å². The van der Waals surface area contributed by atoms with E-state index in [1.165, 1.54) is 24.2 Å². The molecule has 1 aliphatic carbocycles. The third-order valence-corrected chi connectivity index (χ3v) is 4.39. The zero-order valence-electron chi connectivity index (χ0n) is 10.4. The molecule has 0 fully saturated rings. The molecule has 0 amide bonds. The molecule has 1 heterocycles. The second kappa shape index (κ2) is 5.06. The molecule has 2 N–H and O–H groups in total. The first-order chi connectivity index (χ1) is 9.18. The van der Waals surface area contributed by atoms with Gasteiger partial charge in [-0.1, -0.05) is 18.3 Å². The highest BCUT2D eigenvalue weighted by Gasteiger charge is 2.19. The molecule has 0 saturated heterocycles. The van der Waals surface area contributed by atoms with Gasteiger partial charge in [-0.15, -0.1) is 0 Å². The van der Waals surface area contributed by atoms with Crippen LogP contribution in [0.15, 0.2) is 29.0 Å². The molecular formula is C14H14BrN3S. The second-order valence-electron chi connectivity index (χ2n) is 4.71. The summed E-state index contributed by atoms with van der Waals surface area (Å²) in [7, 11) is 0. The predicted molar refractivity (Wildman–Crippen MR) is 83.8 cm³/mol. The third kappa shape index (κ3) is 2.21. The highest BCUT2D eigenvalue weighted by molar-refractivity contribution is 9.10. The van der Waals surface area contributed by atoms with Gasteiger partial charge in [-0.25, -0.2) is 4.98 Å². The number of fused-ring (bicyclic) bond motifs is 1. The summed E-state index contributed by atoms with van der Waals surface area (Å²) in [5.74, 6) is 0. The number of aromatic nitrogens is 2. The summed E-state index contributed by atoms with van der Waals surface area (Å²) < 4.78 is 3.06. The van der Waals surface area contributed by atoms with Crippen LogP contribution in [0.5, 0.6) is 0 Å². The van der Waals surface area contributed by atoms with E-state index in [1.807, 2.05) is 24.5 Å². The van der Waals surface area contributed by atoms with Gasteiger partial charge >= 0.3 is 0 Å². The van der Waals surface area contributed by atoms with E-state index in [-0.39, 0.29) is 0 Å². The van der Waals surface area contributed by atoms with Crippen molar-refractivity contribution in [1.82, 2.24) is 9.55 Å². The Balaban J connectivity index is 2.20. The average molecular weight is 336 g/mol. The zero-order valence-corrected chi connectivity index (χ0v) is 12.8. The fourth-order valence-corrected chi connectivity index (χ4v) is 3.55. The molecule has 2 aromatic rings. The minimum atomic E-state index is 0.403. The Bertz CT molecular complexity index is 648. The Morgan fingerprint density at radius 2 is 2.11 bits per heavy atom. The third-order valence-electron chi connectivity index (χ3n) is 3.53. The number of hydrogen-bond acceptors (Lipinski definition) is 2. The van der Waals surface area contributed by atoms with Gasteiger partial charge in [0.05, 0.1) is 17.7 Å². The monoisotopic (exact) mass is 335 g/mol. The summed E-state index contributed by atoms with van der Waals surface area (Å²) in [4.78, 5) is 4.93. The molecular weight excluding hydrogens is 322 g/mol. The van der Waals surface area contributed by atoms with Gasteiger partial charge in [0.2, 0.25) is 0 Å². The first-order valence-electron chi connectivity index (χ1n) is 6.32. The number of imidazole rings is 1. The molecule has 1 aromatic heterocycles. The van der Waals surface area contributed by atoms with Gasteiger partial charge in [-0.05, 0) is 53.7 Å².